The monoisotopic (exact) mass is 283 g/mol. The summed E-state index contributed by atoms with van der Waals surface area (Å²) in [4.78, 5) is 0. The van der Waals surface area contributed by atoms with Gasteiger partial charge in [-0.3, -0.25) is 0 Å². The van der Waals surface area contributed by atoms with Gasteiger partial charge in [0, 0.05) is 12.5 Å². The van der Waals surface area contributed by atoms with E-state index in [4.69, 9.17) is 4.74 Å². The highest BCUT2D eigenvalue weighted by Crippen LogP contribution is 2.14. The molecule has 1 unspecified atom stereocenters. The Balaban J connectivity index is 1.77. The predicted molar refractivity (Wildman–Crippen MR) is 88.9 cm³/mol. The third-order valence-electron chi connectivity index (χ3n) is 3.52. The third kappa shape index (κ3) is 5.60. The zero-order valence-corrected chi connectivity index (χ0v) is 13.0. The van der Waals surface area contributed by atoms with Crippen LogP contribution in [0.5, 0.6) is 5.75 Å². The molecule has 2 aromatic rings. The van der Waals surface area contributed by atoms with Crippen molar-refractivity contribution in [2.75, 3.05) is 13.2 Å². The Kier molecular flexibility index (Phi) is 6.29. The normalized spacial score (nSPS) is 12.1. The smallest absolute Gasteiger partial charge is 0.119 e. The first-order valence-electron chi connectivity index (χ1n) is 7.77. The Morgan fingerprint density at radius 2 is 1.67 bits per heavy atom. The molecular formula is C19H25NO. The van der Waals surface area contributed by atoms with E-state index >= 15 is 0 Å². The maximum atomic E-state index is 5.80. The van der Waals surface area contributed by atoms with Crippen LogP contribution in [-0.2, 0) is 12.8 Å². The van der Waals surface area contributed by atoms with Crippen LogP contribution in [0.3, 0.4) is 0 Å². The number of ether oxygens (including phenoxy) is 1. The van der Waals surface area contributed by atoms with Gasteiger partial charge in [0.2, 0.25) is 0 Å². The van der Waals surface area contributed by atoms with Crippen LogP contribution in [0.15, 0.2) is 54.6 Å². The van der Waals surface area contributed by atoms with Gasteiger partial charge in [-0.1, -0.05) is 49.4 Å². The number of benzene rings is 2. The molecule has 0 aliphatic heterocycles. The van der Waals surface area contributed by atoms with Crippen molar-refractivity contribution in [3.63, 3.8) is 0 Å². The van der Waals surface area contributed by atoms with Gasteiger partial charge in [-0.2, -0.15) is 0 Å². The van der Waals surface area contributed by atoms with Crippen LogP contribution >= 0.6 is 0 Å². The van der Waals surface area contributed by atoms with Crippen LogP contribution < -0.4 is 10.1 Å². The van der Waals surface area contributed by atoms with Crippen LogP contribution in [0.1, 0.15) is 25.0 Å². The van der Waals surface area contributed by atoms with Crippen LogP contribution in [0.4, 0.5) is 0 Å². The van der Waals surface area contributed by atoms with E-state index in [1.165, 1.54) is 11.1 Å². The van der Waals surface area contributed by atoms with E-state index in [9.17, 15) is 0 Å². The Morgan fingerprint density at radius 1 is 0.952 bits per heavy atom. The van der Waals surface area contributed by atoms with Crippen molar-refractivity contribution in [3.8, 4) is 5.75 Å². The fourth-order valence-electron chi connectivity index (χ4n) is 2.43. The molecule has 1 atom stereocenters. The highest BCUT2D eigenvalue weighted by Gasteiger charge is 2.02. The largest absolute Gasteiger partial charge is 0.493 e. The van der Waals surface area contributed by atoms with E-state index in [1.54, 1.807) is 0 Å². The fraction of sp³-hybridized carbons (Fsp3) is 0.368. The summed E-state index contributed by atoms with van der Waals surface area (Å²) in [5.74, 6) is 0.950. The van der Waals surface area contributed by atoms with Crippen molar-refractivity contribution in [3.05, 3.63) is 65.7 Å². The molecule has 0 saturated carbocycles. The van der Waals surface area contributed by atoms with Gasteiger partial charge < -0.3 is 10.1 Å². The summed E-state index contributed by atoms with van der Waals surface area (Å²) in [5.41, 5.74) is 2.66. The van der Waals surface area contributed by atoms with Crippen molar-refractivity contribution >= 4 is 0 Å². The molecule has 0 fully saturated rings. The molecule has 0 aliphatic rings. The quantitative estimate of drug-likeness (QED) is 0.794. The minimum Gasteiger partial charge on any atom is -0.493 e. The molecule has 2 rings (SSSR count). The van der Waals surface area contributed by atoms with Crippen molar-refractivity contribution < 1.29 is 4.74 Å². The summed E-state index contributed by atoms with van der Waals surface area (Å²) < 4.78 is 5.80. The molecule has 21 heavy (non-hydrogen) atoms. The minimum atomic E-state index is 0.514. The third-order valence-corrected chi connectivity index (χ3v) is 3.52. The maximum absolute atomic E-state index is 5.80. The van der Waals surface area contributed by atoms with E-state index in [1.807, 2.05) is 6.07 Å². The summed E-state index contributed by atoms with van der Waals surface area (Å²) in [5, 5.41) is 3.43. The van der Waals surface area contributed by atoms with E-state index in [-0.39, 0.29) is 0 Å². The molecule has 0 radical (unpaired) electrons. The van der Waals surface area contributed by atoms with Crippen molar-refractivity contribution in [1.82, 2.24) is 5.32 Å². The SMILES string of the molecule is CCNC(C)Cc1ccc(OCCc2ccccc2)cc1. The first-order chi connectivity index (χ1) is 10.3. The van der Waals surface area contributed by atoms with Crippen LogP contribution in [0, 0.1) is 0 Å². The molecule has 112 valence electrons. The lowest BCUT2D eigenvalue weighted by Crippen LogP contribution is -2.27. The lowest BCUT2D eigenvalue weighted by Gasteiger charge is -2.12. The van der Waals surface area contributed by atoms with Crippen LogP contribution in [-0.4, -0.2) is 19.2 Å². The average Bonchev–Trinajstić information content (AvgIpc) is 2.50. The Morgan fingerprint density at radius 3 is 2.33 bits per heavy atom. The first-order valence-corrected chi connectivity index (χ1v) is 7.77. The number of likely N-dealkylation sites (N-methyl/N-ethyl adjacent to an activating group) is 1. The average molecular weight is 283 g/mol. The maximum Gasteiger partial charge on any atom is 0.119 e. The lowest BCUT2D eigenvalue weighted by atomic mass is 10.1. The summed E-state index contributed by atoms with van der Waals surface area (Å²) >= 11 is 0. The van der Waals surface area contributed by atoms with Gasteiger partial charge in [-0.15, -0.1) is 0 Å². The van der Waals surface area contributed by atoms with E-state index in [2.05, 4.69) is 67.7 Å². The molecule has 0 heterocycles. The van der Waals surface area contributed by atoms with Crippen molar-refractivity contribution in [2.45, 2.75) is 32.7 Å². The molecule has 0 bridgehead atoms. The molecule has 0 spiro atoms. The van der Waals surface area contributed by atoms with Gasteiger partial charge in [0.1, 0.15) is 5.75 Å². The predicted octanol–water partition coefficient (Wildman–Crippen LogP) is 3.85. The zero-order chi connectivity index (χ0) is 14.9. The van der Waals surface area contributed by atoms with Gasteiger partial charge >= 0.3 is 0 Å². The van der Waals surface area contributed by atoms with Crippen LogP contribution in [0.25, 0.3) is 0 Å². The Labute approximate surface area is 128 Å². The Hall–Kier alpha value is -1.80. The standard InChI is InChI=1S/C19H25NO/c1-3-20-16(2)15-18-9-11-19(12-10-18)21-14-13-17-7-5-4-6-8-17/h4-12,16,20H,3,13-15H2,1-2H3. The number of hydrogen-bond acceptors (Lipinski definition) is 2. The molecule has 2 aromatic carbocycles. The summed E-state index contributed by atoms with van der Waals surface area (Å²) in [6.07, 6.45) is 2.00. The molecule has 0 amide bonds. The van der Waals surface area contributed by atoms with Gasteiger partial charge in [0.15, 0.2) is 0 Å². The lowest BCUT2D eigenvalue weighted by molar-refractivity contribution is 0.322. The number of nitrogens with one attached hydrogen (secondary N) is 1. The summed E-state index contributed by atoms with van der Waals surface area (Å²) in [6, 6.07) is 19.4. The molecule has 0 aliphatic carbocycles. The number of hydrogen-bond donors (Lipinski definition) is 1. The van der Waals surface area contributed by atoms with E-state index in [0.29, 0.717) is 6.04 Å². The van der Waals surface area contributed by atoms with Gasteiger partial charge in [0.05, 0.1) is 6.61 Å². The minimum absolute atomic E-state index is 0.514. The molecular weight excluding hydrogens is 258 g/mol. The van der Waals surface area contributed by atoms with Gasteiger partial charge in [-0.05, 0) is 43.1 Å². The van der Waals surface area contributed by atoms with E-state index < -0.39 is 0 Å². The fourth-order valence-corrected chi connectivity index (χ4v) is 2.43. The van der Waals surface area contributed by atoms with Crippen LogP contribution in [0.2, 0.25) is 0 Å². The molecule has 0 saturated heterocycles. The van der Waals surface area contributed by atoms with E-state index in [0.717, 1.165) is 31.7 Å². The molecule has 2 heteroatoms. The number of rotatable bonds is 8. The molecule has 0 aromatic heterocycles. The topological polar surface area (TPSA) is 21.3 Å². The Bertz CT molecular complexity index is 507. The second kappa shape index (κ2) is 8.48. The van der Waals surface area contributed by atoms with Crippen molar-refractivity contribution in [2.24, 2.45) is 0 Å². The van der Waals surface area contributed by atoms with Crippen molar-refractivity contribution in [1.29, 1.82) is 0 Å². The molecule has 2 nitrogen and oxygen atoms in total. The zero-order valence-electron chi connectivity index (χ0n) is 13.0. The highest BCUT2D eigenvalue weighted by molar-refractivity contribution is 5.28. The second-order valence-electron chi connectivity index (χ2n) is 5.39. The second-order valence-corrected chi connectivity index (χ2v) is 5.39. The summed E-state index contributed by atoms with van der Waals surface area (Å²) in [6.45, 7) is 6.09. The highest BCUT2D eigenvalue weighted by atomic mass is 16.5. The van der Waals surface area contributed by atoms with Gasteiger partial charge in [-0.25, -0.2) is 0 Å². The first kappa shape index (κ1) is 15.6. The molecule has 1 N–H and O–H groups in total. The van der Waals surface area contributed by atoms with Gasteiger partial charge in [0.25, 0.3) is 0 Å². The summed E-state index contributed by atoms with van der Waals surface area (Å²) in [7, 11) is 0.